The summed E-state index contributed by atoms with van der Waals surface area (Å²) in [6, 6.07) is 12.6. The van der Waals surface area contributed by atoms with E-state index >= 15 is 0 Å². The van der Waals surface area contributed by atoms with Crippen LogP contribution in [0.5, 0.6) is 0 Å². The van der Waals surface area contributed by atoms with Crippen molar-refractivity contribution in [3.63, 3.8) is 0 Å². The van der Waals surface area contributed by atoms with Gasteiger partial charge >= 0.3 is 0 Å². The fourth-order valence-electron chi connectivity index (χ4n) is 2.22. The number of carbonyl (C=O) groups excluding carboxylic acids is 2. The van der Waals surface area contributed by atoms with Gasteiger partial charge in [0.15, 0.2) is 0 Å². The Balaban J connectivity index is 2.04. The summed E-state index contributed by atoms with van der Waals surface area (Å²) in [5.74, 6) is -0.459. The average molecular weight is 365 g/mol. The first-order valence-corrected chi connectivity index (χ1v) is 8.17. The molecule has 24 heavy (non-hydrogen) atoms. The van der Waals surface area contributed by atoms with Crippen molar-refractivity contribution in [1.29, 1.82) is 0 Å². The fraction of sp³-hybridized carbons (Fsp3) is 0.222. The van der Waals surface area contributed by atoms with Gasteiger partial charge < -0.3 is 10.2 Å². The number of hydrogen-bond donors (Lipinski definition) is 1. The van der Waals surface area contributed by atoms with E-state index < -0.39 is 0 Å². The first-order chi connectivity index (χ1) is 11.4. The molecule has 0 spiro atoms. The van der Waals surface area contributed by atoms with Gasteiger partial charge in [0.2, 0.25) is 11.8 Å². The Morgan fingerprint density at radius 2 is 1.79 bits per heavy atom. The van der Waals surface area contributed by atoms with Crippen molar-refractivity contribution in [1.82, 2.24) is 4.90 Å². The summed E-state index contributed by atoms with van der Waals surface area (Å²) in [7, 11) is 0. The fourth-order valence-corrected chi connectivity index (χ4v) is 2.52. The van der Waals surface area contributed by atoms with Gasteiger partial charge in [-0.05, 0) is 36.2 Å². The number of aryl methyl sites for hydroxylation is 1. The Morgan fingerprint density at radius 3 is 2.42 bits per heavy atom. The van der Waals surface area contributed by atoms with Crippen molar-refractivity contribution in [2.24, 2.45) is 0 Å². The van der Waals surface area contributed by atoms with Crippen LogP contribution in [0.1, 0.15) is 18.1 Å². The molecule has 6 heteroatoms. The molecule has 0 aliphatic rings. The third kappa shape index (κ3) is 4.98. The lowest BCUT2D eigenvalue weighted by Crippen LogP contribution is -2.36. The summed E-state index contributed by atoms with van der Waals surface area (Å²) in [5.41, 5.74) is 2.62. The Hall–Kier alpha value is -2.04. The molecule has 2 aromatic rings. The van der Waals surface area contributed by atoms with Gasteiger partial charge in [0.25, 0.3) is 0 Å². The topological polar surface area (TPSA) is 49.4 Å². The lowest BCUT2D eigenvalue weighted by Gasteiger charge is -2.21. The number of amides is 2. The predicted molar refractivity (Wildman–Crippen MR) is 97.4 cm³/mol. The Bertz CT molecular complexity index is 762. The van der Waals surface area contributed by atoms with Crippen LogP contribution in [-0.4, -0.2) is 23.3 Å². The van der Waals surface area contributed by atoms with Crippen LogP contribution in [0.15, 0.2) is 42.5 Å². The zero-order chi connectivity index (χ0) is 17.7. The molecule has 126 valence electrons. The van der Waals surface area contributed by atoms with E-state index in [1.54, 1.807) is 18.2 Å². The minimum atomic E-state index is -0.294. The minimum Gasteiger partial charge on any atom is -0.329 e. The van der Waals surface area contributed by atoms with Crippen molar-refractivity contribution >= 4 is 40.7 Å². The van der Waals surface area contributed by atoms with Crippen molar-refractivity contribution in [3.05, 3.63) is 63.6 Å². The SMILES string of the molecule is CC(=O)N(CC(=O)Nc1ccc(Cl)c(Cl)c1)Cc1ccccc1C. The Kier molecular flexibility index (Phi) is 6.23. The van der Waals surface area contributed by atoms with E-state index in [1.165, 1.54) is 11.8 Å². The highest BCUT2D eigenvalue weighted by molar-refractivity contribution is 6.42. The van der Waals surface area contributed by atoms with Gasteiger partial charge in [-0.3, -0.25) is 9.59 Å². The van der Waals surface area contributed by atoms with E-state index in [1.807, 2.05) is 31.2 Å². The maximum atomic E-state index is 12.2. The van der Waals surface area contributed by atoms with Crippen molar-refractivity contribution in [3.8, 4) is 0 Å². The van der Waals surface area contributed by atoms with E-state index in [9.17, 15) is 9.59 Å². The molecule has 2 amide bonds. The predicted octanol–water partition coefficient (Wildman–Crippen LogP) is 4.29. The average Bonchev–Trinajstić information content (AvgIpc) is 2.52. The number of nitrogens with one attached hydrogen (secondary N) is 1. The third-order valence-electron chi connectivity index (χ3n) is 3.61. The molecule has 0 aliphatic heterocycles. The molecule has 2 rings (SSSR count). The molecular formula is C18H18Cl2N2O2. The first-order valence-electron chi connectivity index (χ1n) is 7.41. The largest absolute Gasteiger partial charge is 0.329 e. The van der Waals surface area contributed by atoms with Gasteiger partial charge in [-0.25, -0.2) is 0 Å². The highest BCUT2D eigenvalue weighted by Gasteiger charge is 2.15. The number of rotatable bonds is 5. The van der Waals surface area contributed by atoms with E-state index in [0.717, 1.165) is 11.1 Å². The van der Waals surface area contributed by atoms with E-state index in [2.05, 4.69) is 5.32 Å². The Morgan fingerprint density at radius 1 is 1.08 bits per heavy atom. The van der Waals surface area contributed by atoms with Crippen LogP contribution >= 0.6 is 23.2 Å². The molecule has 0 radical (unpaired) electrons. The summed E-state index contributed by atoms with van der Waals surface area (Å²) >= 11 is 11.8. The molecule has 0 aromatic heterocycles. The standard InChI is InChI=1S/C18H18Cl2N2O2/c1-12-5-3-4-6-14(12)10-22(13(2)23)11-18(24)21-15-7-8-16(19)17(20)9-15/h3-9H,10-11H2,1-2H3,(H,21,24). The first kappa shape index (κ1) is 18.3. The van der Waals surface area contributed by atoms with Gasteiger partial charge in [0, 0.05) is 19.2 Å². The number of carbonyl (C=O) groups is 2. The van der Waals surface area contributed by atoms with Crippen LogP contribution < -0.4 is 5.32 Å². The monoisotopic (exact) mass is 364 g/mol. The third-order valence-corrected chi connectivity index (χ3v) is 4.34. The highest BCUT2D eigenvalue weighted by atomic mass is 35.5. The smallest absolute Gasteiger partial charge is 0.244 e. The minimum absolute atomic E-state index is 0.0378. The summed E-state index contributed by atoms with van der Waals surface area (Å²) in [6.07, 6.45) is 0. The highest BCUT2D eigenvalue weighted by Crippen LogP contribution is 2.25. The second-order valence-electron chi connectivity index (χ2n) is 5.48. The molecule has 0 saturated carbocycles. The molecule has 4 nitrogen and oxygen atoms in total. The van der Waals surface area contributed by atoms with Crippen molar-refractivity contribution < 1.29 is 9.59 Å². The van der Waals surface area contributed by atoms with Crippen LogP contribution in [0.25, 0.3) is 0 Å². The number of hydrogen-bond acceptors (Lipinski definition) is 2. The molecule has 0 heterocycles. The normalized spacial score (nSPS) is 10.3. The number of anilines is 1. The molecule has 1 N–H and O–H groups in total. The molecule has 0 atom stereocenters. The number of halogens is 2. The van der Waals surface area contributed by atoms with Gasteiger partial charge in [-0.1, -0.05) is 47.5 Å². The van der Waals surface area contributed by atoms with Gasteiger partial charge in [0.05, 0.1) is 10.0 Å². The maximum Gasteiger partial charge on any atom is 0.244 e. The van der Waals surface area contributed by atoms with Crippen molar-refractivity contribution in [2.45, 2.75) is 20.4 Å². The molecule has 0 fully saturated rings. The quantitative estimate of drug-likeness (QED) is 0.859. The van der Waals surface area contributed by atoms with Crippen molar-refractivity contribution in [2.75, 3.05) is 11.9 Å². The molecule has 2 aromatic carbocycles. The maximum absolute atomic E-state index is 12.2. The van der Waals surface area contributed by atoms with Crippen LogP contribution in [0.4, 0.5) is 5.69 Å². The molecular weight excluding hydrogens is 347 g/mol. The second-order valence-corrected chi connectivity index (χ2v) is 6.29. The van der Waals surface area contributed by atoms with Crippen LogP contribution in [0.3, 0.4) is 0 Å². The molecule has 0 aliphatic carbocycles. The zero-order valence-electron chi connectivity index (χ0n) is 13.5. The van der Waals surface area contributed by atoms with E-state index in [4.69, 9.17) is 23.2 Å². The molecule has 0 bridgehead atoms. The summed E-state index contributed by atoms with van der Waals surface area (Å²) in [5, 5.41) is 3.50. The van der Waals surface area contributed by atoms with Crippen LogP contribution in [-0.2, 0) is 16.1 Å². The lowest BCUT2D eigenvalue weighted by molar-refractivity contribution is -0.133. The Labute approximate surface area is 151 Å². The van der Waals surface area contributed by atoms with E-state index in [0.29, 0.717) is 22.3 Å². The van der Waals surface area contributed by atoms with Crippen LogP contribution in [0, 0.1) is 6.92 Å². The summed E-state index contributed by atoms with van der Waals surface area (Å²) in [4.78, 5) is 25.6. The molecule has 0 unspecified atom stereocenters. The second kappa shape index (κ2) is 8.18. The number of nitrogens with zero attached hydrogens (tertiary/aromatic N) is 1. The van der Waals surface area contributed by atoms with Gasteiger partial charge in [-0.15, -0.1) is 0 Å². The van der Waals surface area contributed by atoms with E-state index in [-0.39, 0.29) is 18.4 Å². The summed E-state index contributed by atoms with van der Waals surface area (Å²) in [6.45, 7) is 3.77. The van der Waals surface area contributed by atoms with Gasteiger partial charge in [-0.2, -0.15) is 0 Å². The zero-order valence-corrected chi connectivity index (χ0v) is 15.0. The number of benzene rings is 2. The molecule has 0 saturated heterocycles. The van der Waals surface area contributed by atoms with Gasteiger partial charge in [0.1, 0.15) is 6.54 Å². The lowest BCUT2D eigenvalue weighted by atomic mass is 10.1. The van der Waals surface area contributed by atoms with Crippen LogP contribution in [0.2, 0.25) is 10.0 Å². The summed E-state index contributed by atoms with van der Waals surface area (Å²) < 4.78 is 0.